The predicted molar refractivity (Wildman–Crippen MR) is 316 cm³/mol. The summed E-state index contributed by atoms with van der Waals surface area (Å²) in [7, 11) is 5.60. The summed E-state index contributed by atoms with van der Waals surface area (Å²) in [5, 5.41) is 87.1. The number of ether oxygens (including phenoxy) is 1. The van der Waals surface area contributed by atoms with Gasteiger partial charge in [-0.1, -0.05) is 78.7 Å². The molecule has 31 heteroatoms. The van der Waals surface area contributed by atoms with E-state index in [9.17, 15) is 24.6 Å². The van der Waals surface area contributed by atoms with Gasteiger partial charge in [0.2, 0.25) is 0 Å². The molecule has 11 N–H and O–H groups in total. The van der Waals surface area contributed by atoms with Crippen LogP contribution in [0.25, 0.3) is 0 Å². The van der Waals surface area contributed by atoms with Crippen LogP contribution in [0.3, 0.4) is 0 Å². The largest absolute Gasteiger partial charge is 0.480 e. The number of carbonyl (C=O) groups excluding carboxylic acids is 1. The van der Waals surface area contributed by atoms with Crippen molar-refractivity contribution in [2.24, 2.45) is 0 Å². The number of aliphatic hydroxyl groups is 7. The van der Waals surface area contributed by atoms with E-state index in [1.807, 2.05) is 11.9 Å². The van der Waals surface area contributed by atoms with Crippen molar-refractivity contribution >= 4 is 34.5 Å². The van der Waals surface area contributed by atoms with Crippen LogP contribution in [0.5, 0.6) is 0 Å². The number of aliphatic carboxylic acids is 2. The van der Waals surface area contributed by atoms with Gasteiger partial charge in [-0.15, -0.1) is 0 Å². The van der Waals surface area contributed by atoms with E-state index < -0.39 is 52.9 Å². The van der Waals surface area contributed by atoms with E-state index >= 15 is 0 Å². The van der Waals surface area contributed by atoms with E-state index in [1.54, 1.807) is 23.9 Å². The molecule has 12 atom stereocenters. The number of aliphatic hydroxyl groups excluding tert-OH is 7. The van der Waals surface area contributed by atoms with Crippen molar-refractivity contribution in [3.8, 4) is 0 Å². The minimum Gasteiger partial charge on any atom is -0.480 e. The molecule has 0 radical (unpaired) electrons. The zero-order valence-electron chi connectivity index (χ0n) is 48.3. The van der Waals surface area contributed by atoms with Crippen LogP contribution in [0.4, 0.5) is 36.6 Å². The molecule has 6 heterocycles. The summed E-state index contributed by atoms with van der Waals surface area (Å²) < 4.78 is 80.8. The number of hydrogen-bond donors (Lipinski definition) is 11. The molecule has 0 aromatic carbocycles. The van der Waals surface area contributed by atoms with Crippen molar-refractivity contribution in [2.45, 2.75) is 226 Å². The number of likely N-dealkylation sites (N-methyl/N-ethyl adjacent to an activating group) is 4. The summed E-state index contributed by atoms with van der Waals surface area (Å²) in [5.41, 5.74) is 0. The molecule has 0 aromatic rings. The molecule has 6 saturated heterocycles. The quantitative estimate of drug-likeness (QED) is 0.0628. The van der Waals surface area contributed by atoms with Crippen LogP contribution in [-0.2, 0) is 28.0 Å². The number of nitrogens with one attached hydrogen (secondary N) is 2. The van der Waals surface area contributed by atoms with Gasteiger partial charge in [0.25, 0.3) is 0 Å². The van der Waals surface area contributed by atoms with E-state index in [0.29, 0.717) is 70.5 Å². The molecule has 83 heavy (non-hydrogen) atoms. The van der Waals surface area contributed by atoms with E-state index in [0.717, 1.165) is 32.6 Å². The van der Waals surface area contributed by atoms with Crippen LogP contribution >= 0.6 is 0 Å². The number of nitrogens with zero attached hydrogens (tertiary/aromatic N) is 4. The summed E-state index contributed by atoms with van der Waals surface area (Å²) in [6, 6.07) is -0.372. The minimum atomic E-state index is -1.63. The Labute approximate surface area is 494 Å². The van der Waals surface area contributed by atoms with Gasteiger partial charge in [-0.05, 0) is 83.7 Å². The summed E-state index contributed by atoms with van der Waals surface area (Å²) in [5.74, 6) is -1.99. The molecule has 510 valence electrons. The molecule has 0 unspecified atom stereocenters. The average molecular weight is 1280 g/mol. The van der Waals surface area contributed by atoms with Crippen molar-refractivity contribution < 1.29 is 111 Å². The number of carbonyl (C=O) groups is 3. The number of likely N-dealkylation sites (tertiary alicyclic amines) is 4. The molecular weight excluding hydrogens is 1160 g/mol. The fraction of sp³-hybridized carbons (Fsp3) is 0.942. The van der Waals surface area contributed by atoms with Gasteiger partial charge in [0, 0.05) is 126 Å². The average Bonchev–Trinajstić information content (AvgIpc) is 4.25. The first kappa shape index (κ1) is 99.7. The number of rotatable bonds is 10. The van der Waals surface area contributed by atoms with Gasteiger partial charge < -0.3 is 70.2 Å². The molecule has 6 fully saturated rings. The lowest BCUT2D eigenvalue weighted by Gasteiger charge is -2.37. The molecule has 6 rings (SSSR count). The molecule has 21 nitrogen and oxygen atoms in total. The fourth-order valence-corrected chi connectivity index (χ4v) is 10.1. The number of methoxy groups -OCH3 is 1. The second-order valence-electron chi connectivity index (χ2n) is 23.0. The molecule has 6 aliphatic heterocycles. The van der Waals surface area contributed by atoms with Gasteiger partial charge in [-0.2, -0.15) is 0 Å². The number of halogens is 8. The summed E-state index contributed by atoms with van der Waals surface area (Å²) in [4.78, 5) is 39.2. The van der Waals surface area contributed by atoms with Crippen molar-refractivity contribution in [1.82, 2.24) is 30.2 Å². The minimum absolute atomic E-state index is 0. The predicted octanol–water partition coefficient (Wildman–Crippen LogP) is 6.54. The van der Waals surface area contributed by atoms with E-state index in [2.05, 4.69) is 95.0 Å². The molecule has 0 saturated carbocycles. The first-order valence-electron chi connectivity index (χ1n) is 25.4. The van der Waals surface area contributed by atoms with Crippen LogP contribution in [0.1, 0.15) is 117 Å². The number of esters is 1. The van der Waals surface area contributed by atoms with Crippen LogP contribution in [0.15, 0.2) is 0 Å². The maximum atomic E-state index is 11.0. The molecule has 0 bridgehead atoms. The Balaban J connectivity index is -0.000000110. The van der Waals surface area contributed by atoms with Crippen molar-refractivity contribution in [3.05, 3.63) is 0 Å². The van der Waals surface area contributed by atoms with Crippen LogP contribution in [0.2, 0.25) is 36.3 Å². The van der Waals surface area contributed by atoms with Crippen LogP contribution < -0.4 is 10.6 Å². The highest BCUT2D eigenvalue weighted by molar-refractivity contribution is 6.74. The summed E-state index contributed by atoms with van der Waals surface area (Å²) in [6.07, 6.45) is 1.65. The lowest BCUT2D eigenvalue weighted by molar-refractivity contribution is -0.145. The standard InChI is InChI=1S/C12H27NO2Si.C11H25NO2Si.C7H13NO3.C6H11NO3.C6H13NO2.C5H9NO3.5CH4.4F2/c1-12(2,3)16(5,6)15-9-10-7-11(14)8-13(10)4;1-11(2,3)15(4,5)14-8-9-6-10(13)7-12-9;1-8-4-5(9)3-6(8)7(10)11-2;1-7-3-4(8)2-5(7)6(9)10;1-7-3-6(9)2-5(7)4-8;7-3-1-4(5(8)9)6-2-3;;;;;;4*1-2/h10-11,14H,7-9H2,1-6H3;9-10,12-13H,6-8H2,1-5H3;5-6,9H,3-4H2,1-2H3;4-5,8H,2-3H2,1H3,(H,9,10);5-6,8-9H,2-4H2,1H3;3-4,6-7H,1-2H2,(H,8,9);5*1H4;;;;/t10-,11+;9-,10+;5-,6+;4-,5+;5-,6+;3-,4+;;;;;;;;;/m001101........./s1. The molecular formula is C52H118F8N6O15Si2. The molecule has 0 amide bonds. The van der Waals surface area contributed by atoms with E-state index in [4.69, 9.17) is 81.2 Å². The van der Waals surface area contributed by atoms with E-state index in [1.165, 1.54) is 7.11 Å². The van der Waals surface area contributed by atoms with Gasteiger partial charge >= 0.3 is 17.9 Å². The third-order valence-electron chi connectivity index (χ3n) is 14.9. The van der Waals surface area contributed by atoms with Gasteiger partial charge in [0.05, 0.1) is 50.3 Å². The Bertz CT molecular complexity index is 1590. The Kier molecular flexibility index (Phi) is 60.8. The van der Waals surface area contributed by atoms with Crippen LogP contribution in [-0.4, -0.2) is 267 Å². The topological polar surface area (TPSA) is 298 Å². The monoisotopic (exact) mass is 1270 g/mol. The molecule has 0 aliphatic carbocycles. The highest BCUT2D eigenvalue weighted by Crippen LogP contribution is 2.38. The Morgan fingerprint density at radius 1 is 0.494 bits per heavy atom. The first-order valence-corrected chi connectivity index (χ1v) is 31.2. The van der Waals surface area contributed by atoms with Crippen molar-refractivity contribution in [3.63, 3.8) is 0 Å². The van der Waals surface area contributed by atoms with Crippen molar-refractivity contribution in [2.75, 3.05) is 94.4 Å². The number of β-amino-alcohol motifs (C(OH)–C–C–N with tert-alkyl or cyclic N) is 6. The SMILES string of the molecule is C.C.C.C.C.CC(C)(C)[Si](C)(C)OC[C@@H]1C[C@@H](O)CN1.CN1C[C@H](O)C[C@H]1C(=O)O.CN1C[C@H](O)C[C@H]1CO.CN1C[C@H](O)C[C@H]1CO[Si](C)(C)C(C)(C)C.COC(=O)[C@@H]1C[C@@H](O)CN1C.FF.FF.FF.FF.O=C(O)[C@@H]1C[C@@H](O)CN1. The third-order valence-corrected chi connectivity index (χ3v) is 23.9. The van der Waals surface area contributed by atoms with Gasteiger partial charge in [-0.25, -0.2) is 0 Å². The lowest BCUT2D eigenvalue weighted by Crippen LogP contribution is -2.44. The summed E-state index contributed by atoms with van der Waals surface area (Å²) >= 11 is 0. The lowest BCUT2D eigenvalue weighted by atomic mass is 10.2. The molecule has 0 aromatic heterocycles. The highest BCUT2D eigenvalue weighted by Gasteiger charge is 2.40. The zero-order chi connectivity index (χ0) is 62.1. The first-order chi connectivity index (χ1) is 36.0. The number of carboxylic acids is 2. The zero-order valence-corrected chi connectivity index (χ0v) is 50.3. The van der Waals surface area contributed by atoms with E-state index in [-0.39, 0.29) is 96.3 Å². The highest BCUT2D eigenvalue weighted by atomic mass is 28.4. The van der Waals surface area contributed by atoms with Gasteiger partial charge in [-0.3, -0.25) is 34.0 Å². The summed E-state index contributed by atoms with van der Waals surface area (Å²) in [6.45, 7) is 27.9. The molecule has 6 aliphatic rings. The second-order valence-corrected chi connectivity index (χ2v) is 32.6. The number of hydrogen-bond acceptors (Lipinski definition) is 19. The smallest absolute Gasteiger partial charge is 0.323 e. The third kappa shape index (κ3) is 40.0. The Hall–Kier alpha value is -2.32. The number of carboxylic acid groups (broad SMARTS) is 2. The molecule has 0 spiro atoms. The van der Waals surface area contributed by atoms with Crippen molar-refractivity contribution in [1.29, 1.82) is 0 Å². The normalized spacial score (nSPS) is 27.3. The maximum absolute atomic E-state index is 11.0. The van der Waals surface area contributed by atoms with Gasteiger partial charge in [0.1, 0.15) is 18.1 Å². The second kappa shape index (κ2) is 50.7. The maximum Gasteiger partial charge on any atom is 0.323 e. The van der Waals surface area contributed by atoms with Gasteiger partial charge in [0.15, 0.2) is 16.6 Å². The Morgan fingerprint density at radius 2 is 0.831 bits per heavy atom. The Morgan fingerprint density at radius 3 is 1.06 bits per heavy atom. The fourth-order valence-electron chi connectivity index (χ4n) is 8.03. The van der Waals surface area contributed by atoms with Crippen LogP contribution in [0, 0.1) is 0 Å².